The average molecular weight is 299 g/mol. The number of carboxylic acids is 1. The predicted octanol–water partition coefficient (Wildman–Crippen LogP) is 2.78. The van der Waals surface area contributed by atoms with Crippen LogP contribution in [0.3, 0.4) is 0 Å². The first-order valence-electron chi connectivity index (χ1n) is 6.32. The number of thioether (sulfide) groups is 1. The highest BCUT2D eigenvalue weighted by molar-refractivity contribution is 8.00. The maximum atomic E-state index is 13.5. The molecule has 0 aromatic heterocycles. The molecule has 0 fully saturated rings. The third-order valence-electron chi connectivity index (χ3n) is 2.58. The summed E-state index contributed by atoms with van der Waals surface area (Å²) in [4.78, 5) is 22.5. The standard InChI is InChI=1S/C14H18FNO3S/c1-9(2)5-6-16-13(17)8-20-12-7-10(14(18)19)3-4-11(12)15/h3-4,7,9H,5-6,8H2,1-2H3,(H,16,17)(H,18,19). The Balaban J connectivity index is 2.50. The van der Waals surface area contributed by atoms with E-state index in [0.29, 0.717) is 12.5 Å². The number of rotatable bonds is 7. The van der Waals surface area contributed by atoms with Crippen LogP contribution in [0.5, 0.6) is 0 Å². The van der Waals surface area contributed by atoms with Crippen LogP contribution in [-0.2, 0) is 4.79 Å². The maximum Gasteiger partial charge on any atom is 0.335 e. The smallest absolute Gasteiger partial charge is 0.335 e. The lowest BCUT2D eigenvalue weighted by molar-refractivity contribution is -0.118. The summed E-state index contributed by atoms with van der Waals surface area (Å²) in [7, 11) is 0. The van der Waals surface area contributed by atoms with Crippen molar-refractivity contribution in [1.82, 2.24) is 5.32 Å². The molecule has 0 unspecified atom stereocenters. The number of nitrogens with one attached hydrogen (secondary N) is 1. The van der Waals surface area contributed by atoms with Gasteiger partial charge in [-0.15, -0.1) is 11.8 Å². The van der Waals surface area contributed by atoms with E-state index in [1.165, 1.54) is 12.1 Å². The van der Waals surface area contributed by atoms with Gasteiger partial charge in [0.05, 0.1) is 11.3 Å². The molecule has 1 aromatic carbocycles. The number of carboxylic acid groups (broad SMARTS) is 1. The van der Waals surface area contributed by atoms with Crippen molar-refractivity contribution in [2.24, 2.45) is 5.92 Å². The van der Waals surface area contributed by atoms with E-state index in [9.17, 15) is 14.0 Å². The Bertz CT molecular complexity index is 491. The van der Waals surface area contributed by atoms with Gasteiger partial charge in [0.2, 0.25) is 5.91 Å². The lowest BCUT2D eigenvalue weighted by Gasteiger charge is -2.07. The molecule has 1 aromatic rings. The average Bonchev–Trinajstić information content (AvgIpc) is 2.37. The summed E-state index contributed by atoms with van der Waals surface area (Å²) in [5.41, 5.74) is 0.00844. The molecule has 1 amide bonds. The third kappa shape index (κ3) is 5.61. The van der Waals surface area contributed by atoms with Crippen LogP contribution in [0.25, 0.3) is 0 Å². The van der Waals surface area contributed by atoms with Gasteiger partial charge in [0.25, 0.3) is 0 Å². The van der Waals surface area contributed by atoms with E-state index in [1.807, 2.05) is 0 Å². The summed E-state index contributed by atoms with van der Waals surface area (Å²) in [6.07, 6.45) is 0.888. The van der Waals surface area contributed by atoms with Crippen molar-refractivity contribution >= 4 is 23.6 Å². The Labute approximate surface area is 121 Å². The molecular formula is C14H18FNO3S. The normalized spacial score (nSPS) is 10.6. The van der Waals surface area contributed by atoms with Gasteiger partial charge in [-0.05, 0) is 30.5 Å². The highest BCUT2D eigenvalue weighted by atomic mass is 32.2. The van der Waals surface area contributed by atoms with Crippen LogP contribution in [0.1, 0.15) is 30.6 Å². The zero-order chi connectivity index (χ0) is 15.1. The number of hydrogen-bond acceptors (Lipinski definition) is 3. The minimum Gasteiger partial charge on any atom is -0.478 e. The lowest BCUT2D eigenvalue weighted by atomic mass is 10.1. The highest BCUT2D eigenvalue weighted by Gasteiger charge is 2.10. The second-order valence-corrected chi connectivity index (χ2v) is 5.79. The van der Waals surface area contributed by atoms with Crippen LogP contribution in [0.15, 0.2) is 23.1 Å². The number of amides is 1. The molecule has 2 N–H and O–H groups in total. The number of carbonyl (C=O) groups is 2. The molecule has 0 saturated heterocycles. The first kappa shape index (κ1) is 16.5. The van der Waals surface area contributed by atoms with Gasteiger partial charge < -0.3 is 10.4 Å². The molecule has 6 heteroatoms. The maximum absolute atomic E-state index is 13.5. The van der Waals surface area contributed by atoms with Crippen molar-refractivity contribution in [2.75, 3.05) is 12.3 Å². The van der Waals surface area contributed by atoms with Crippen LogP contribution in [0.2, 0.25) is 0 Å². The highest BCUT2D eigenvalue weighted by Crippen LogP contribution is 2.23. The Hall–Kier alpha value is -1.56. The Morgan fingerprint density at radius 2 is 2.10 bits per heavy atom. The second-order valence-electron chi connectivity index (χ2n) is 4.77. The van der Waals surface area contributed by atoms with E-state index < -0.39 is 11.8 Å². The number of carbonyl (C=O) groups excluding carboxylic acids is 1. The van der Waals surface area contributed by atoms with E-state index in [4.69, 9.17) is 5.11 Å². The molecule has 1 rings (SSSR count). The van der Waals surface area contributed by atoms with Gasteiger partial charge in [0.1, 0.15) is 5.82 Å². The van der Waals surface area contributed by atoms with E-state index in [2.05, 4.69) is 19.2 Å². The van der Waals surface area contributed by atoms with Crippen LogP contribution < -0.4 is 5.32 Å². The van der Waals surface area contributed by atoms with E-state index in [0.717, 1.165) is 24.2 Å². The van der Waals surface area contributed by atoms with Crippen molar-refractivity contribution < 1.29 is 19.1 Å². The Kier molecular flexibility index (Phi) is 6.51. The summed E-state index contributed by atoms with van der Waals surface area (Å²) in [5.74, 6) is -1.25. The van der Waals surface area contributed by atoms with Crippen molar-refractivity contribution in [1.29, 1.82) is 0 Å². The van der Waals surface area contributed by atoms with Gasteiger partial charge in [0, 0.05) is 11.4 Å². The van der Waals surface area contributed by atoms with E-state index >= 15 is 0 Å². The molecule has 20 heavy (non-hydrogen) atoms. The first-order chi connectivity index (χ1) is 9.40. The summed E-state index contributed by atoms with van der Waals surface area (Å²) in [5, 5.41) is 11.6. The Morgan fingerprint density at radius 1 is 1.40 bits per heavy atom. The van der Waals surface area contributed by atoms with Crippen LogP contribution >= 0.6 is 11.8 Å². The predicted molar refractivity (Wildman–Crippen MR) is 76.5 cm³/mol. The summed E-state index contributed by atoms with van der Waals surface area (Å²) < 4.78 is 13.5. The molecule has 0 bridgehead atoms. The van der Waals surface area contributed by atoms with Crippen molar-refractivity contribution in [3.8, 4) is 0 Å². The molecule has 0 spiro atoms. The van der Waals surface area contributed by atoms with Crippen LogP contribution in [-0.4, -0.2) is 29.3 Å². The van der Waals surface area contributed by atoms with Gasteiger partial charge >= 0.3 is 5.97 Å². The number of halogens is 1. The molecular weight excluding hydrogens is 281 g/mol. The monoisotopic (exact) mass is 299 g/mol. The topological polar surface area (TPSA) is 66.4 Å². The van der Waals surface area contributed by atoms with Crippen LogP contribution in [0.4, 0.5) is 4.39 Å². The van der Waals surface area contributed by atoms with Crippen LogP contribution in [0, 0.1) is 11.7 Å². The number of hydrogen-bond donors (Lipinski definition) is 2. The lowest BCUT2D eigenvalue weighted by Crippen LogP contribution is -2.26. The molecule has 0 atom stereocenters. The SMILES string of the molecule is CC(C)CCNC(=O)CSc1cc(C(=O)O)ccc1F. The first-order valence-corrected chi connectivity index (χ1v) is 7.31. The molecule has 110 valence electrons. The van der Waals surface area contributed by atoms with Gasteiger partial charge in [-0.2, -0.15) is 0 Å². The fourth-order valence-corrected chi connectivity index (χ4v) is 2.25. The molecule has 0 aliphatic heterocycles. The summed E-state index contributed by atoms with van der Waals surface area (Å²) in [6.45, 7) is 4.72. The minimum absolute atomic E-state index is 0.00844. The largest absolute Gasteiger partial charge is 0.478 e. The zero-order valence-electron chi connectivity index (χ0n) is 11.5. The quantitative estimate of drug-likeness (QED) is 0.760. The number of aromatic carboxylic acids is 1. The fraction of sp³-hybridized carbons (Fsp3) is 0.429. The van der Waals surface area contributed by atoms with Crippen molar-refractivity contribution in [3.63, 3.8) is 0 Å². The van der Waals surface area contributed by atoms with Crippen molar-refractivity contribution in [3.05, 3.63) is 29.6 Å². The summed E-state index contributed by atoms with van der Waals surface area (Å²) in [6, 6.07) is 3.54. The minimum atomic E-state index is -1.12. The number of benzene rings is 1. The second kappa shape index (κ2) is 7.89. The summed E-state index contributed by atoms with van der Waals surface area (Å²) >= 11 is 0.995. The molecule has 0 aliphatic rings. The molecule has 0 aliphatic carbocycles. The molecule has 4 nitrogen and oxygen atoms in total. The molecule has 0 heterocycles. The van der Waals surface area contributed by atoms with Gasteiger partial charge in [-0.1, -0.05) is 13.8 Å². The third-order valence-corrected chi connectivity index (χ3v) is 3.61. The van der Waals surface area contributed by atoms with Gasteiger partial charge in [0.15, 0.2) is 0 Å². The fourth-order valence-electron chi connectivity index (χ4n) is 1.44. The van der Waals surface area contributed by atoms with E-state index in [-0.39, 0.29) is 22.1 Å². The molecule has 0 saturated carbocycles. The molecule has 0 radical (unpaired) electrons. The van der Waals surface area contributed by atoms with Gasteiger partial charge in [-0.25, -0.2) is 9.18 Å². The van der Waals surface area contributed by atoms with Crippen molar-refractivity contribution in [2.45, 2.75) is 25.2 Å². The van der Waals surface area contributed by atoms with E-state index in [1.54, 1.807) is 0 Å². The zero-order valence-corrected chi connectivity index (χ0v) is 12.3. The van der Waals surface area contributed by atoms with Gasteiger partial charge in [-0.3, -0.25) is 4.79 Å². The Morgan fingerprint density at radius 3 is 2.70 bits per heavy atom.